The Morgan fingerprint density at radius 1 is 1.24 bits per heavy atom. The van der Waals surface area contributed by atoms with Crippen molar-refractivity contribution in [3.05, 3.63) is 29.8 Å². The molecule has 1 amide bonds. The third-order valence-electron chi connectivity index (χ3n) is 5.70. The summed E-state index contributed by atoms with van der Waals surface area (Å²) in [7, 11) is 1.74. The quantitative estimate of drug-likeness (QED) is 0.786. The highest BCUT2D eigenvalue weighted by atomic mass is 16.5. The molecule has 1 saturated heterocycles. The van der Waals surface area contributed by atoms with Crippen molar-refractivity contribution in [2.24, 2.45) is 5.92 Å². The summed E-state index contributed by atoms with van der Waals surface area (Å²) in [6.07, 6.45) is 7.56. The summed E-state index contributed by atoms with van der Waals surface area (Å²) in [4.78, 5) is 14.4. The molecule has 3 rings (SSSR count). The topological polar surface area (TPSA) is 41.6 Å². The molecule has 1 aromatic rings. The monoisotopic (exact) mass is 344 g/mol. The van der Waals surface area contributed by atoms with Crippen LogP contribution in [0.3, 0.4) is 0 Å². The van der Waals surface area contributed by atoms with Crippen LogP contribution in [0, 0.1) is 5.92 Å². The maximum atomic E-state index is 11.8. The van der Waals surface area contributed by atoms with Gasteiger partial charge in [-0.05, 0) is 76.1 Å². The summed E-state index contributed by atoms with van der Waals surface area (Å²) in [5.41, 5.74) is 1.29. The molecule has 4 nitrogen and oxygen atoms in total. The number of likely N-dealkylation sites (tertiary alicyclic amines) is 1. The molecule has 1 aliphatic heterocycles. The first-order valence-electron chi connectivity index (χ1n) is 9.81. The number of benzene rings is 1. The Kier molecular flexibility index (Phi) is 6.35. The van der Waals surface area contributed by atoms with E-state index in [0.717, 1.165) is 31.7 Å². The van der Waals surface area contributed by atoms with Crippen LogP contribution >= 0.6 is 0 Å². The van der Waals surface area contributed by atoms with Gasteiger partial charge in [-0.1, -0.05) is 18.2 Å². The number of amides is 1. The number of ether oxygens (including phenoxy) is 1. The minimum atomic E-state index is 0.259. The zero-order valence-corrected chi connectivity index (χ0v) is 15.7. The van der Waals surface area contributed by atoms with Crippen molar-refractivity contribution in [1.29, 1.82) is 0 Å². The lowest BCUT2D eigenvalue weighted by atomic mass is 9.90. The van der Waals surface area contributed by atoms with Gasteiger partial charge in [-0.2, -0.15) is 0 Å². The van der Waals surface area contributed by atoms with Gasteiger partial charge < -0.3 is 15.0 Å². The van der Waals surface area contributed by atoms with Crippen molar-refractivity contribution in [3.8, 4) is 5.75 Å². The number of carbonyl (C=O) groups excluding carboxylic acids is 1. The molecule has 1 aliphatic carbocycles. The Bertz CT molecular complexity index is 563. The zero-order valence-electron chi connectivity index (χ0n) is 15.7. The van der Waals surface area contributed by atoms with Gasteiger partial charge in [0, 0.05) is 18.5 Å². The van der Waals surface area contributed by atoms with E-state index in [2.05, 4.69) is 29.3 Å². The minimum Gasteiger partial charge on any atom is -0.496 e. The molecule has 0 aromatic heterocycles. The van der Waals surface area contributed by atoms with E-state index < -0.39 is 0 Å². The first kappa shape index (κ1) is 18.2. The Morgan fingerprint density at radius 3 is 2.64 bits per heavy atom. The molecule has 25 heavy (non-hydrogen) atoms. The minimum absolute atomic E-state index is 0.259. The van der Waals surface area contributed by atoms with Crippen LogP contribution in [-0.2, 0) is 11.2 Å². The number of hydrogen-bond acceptors (Lipinski definition) is 3. The fourth-order valence-electron chi connectivity index (χ4n) is 3.86. The fourth-order valence-corrected chi connectivity index (χ4v) is 3.86. The maximum Gasteiger partial charge on any atom is 0.220 e. The maximum absolute atomic E-state index is 11.8. The lowest BCUT2D eigenvalue weighted by Crippen LogP contribution is -2.41. The standard InChI is InChI=1S/C21H32N2O2/c1-16(15-18-5-3-4-6-20(18)25-2)23-13-11-17(12-14-23)7-10-21(24)22-19-8-9-19/h3-6,16-17,19H,7-15H2,1-2H3,(H,22,24)/t16-/m0/s1. The van der Waals surface area contributed by atoms with Gasteiger partial charge in [0.15, 0.2) is 0 Å². The van der Waals surface area contributed by atoms with E-state index in [9.17, 15) is 4.79 Å². The molecule has 1 N–H and O–H groups in total. The largest absolute Gasteiger partial charge is 0.496 e. The molecule has 0 unspecified atom stereocenters. The molecule has 0 spiro atoms. The van der Waals surface area contributed by atoms with Crippen molar-refractivity contribution in [3.63, 3.8) is 0 Å². The number of methoxy groups -OCH3 is 1. The summed E-state index contributed by atoms with van der Waals surface area (Å²) in [6.45, 7) is 4.60. The van der Waals surface area contributed by atoms with E-state index in [1.807, 2.05) is 12.1 Å². The lowest BCUT2D eigenvalue weighted by molar-refractivity contribution is -0.121. The Labute approximate surface area is 151 Å². The predicted molar refractivity (Wildman–Crippen MR) is 101 cm³/mol. The molecule has 1 aromatic carbocycles. The second kappa shape index (κ2) is 8.70. The molecule has 0 radical (unpaired) electrons. The van der Waals surface area contributed by atoms with Gasteiger partial charge in [0.05, 0.1) is 7.11 Å². The molecule has 1 atom stereocenters. The highest BCUT2D eigenvalue weighted by Crippen LogP contribution is 2.26. The molecule has 1 saturated carbocycles. The van der Waals surface area contributed by atoms with E-state index in [1.54, 1.807) is 7.11 Å². The highest BCUT2D eigenvalue weighted by Gasteiger charge is 2.26. The van der Waals surface area contributed by atoms with Crippen molar-refractivity contribution in [2.45, 2.75) is 64.0 Å². The van der Waals surface area contributed by atoms with E-state index in [0.29, 0.717) is 24.4 Å². The summed E-state index contributed by atoms with van der Waals surface area (Å²) in [5.74, 6) is 1.96. The van der Waals surface area contributed by atoms with E-state index in [-0.39, 0.29) is 5.91 Å². The highest BCUT2D eigenvalue weighted by molar-refractivity contribution is 5.76. The van der Waals surface area contributed by atoms with Gasteiger partial charge in [-0.25, -0.2) is 0 Å². The van der Waals surface area contributed by atoms with Crippen LogP contribution in [-0.4, -0.2) is 43.1 Å². The van der Waals surface area contributed by atoms with Crippen LogP contribution in [0.25, 0.3) is 0 Å². The normalized spacial score (nSPS) is 20.2. The molecule has 2 aliphatic rings. The molecule has 0 bridgehead atoms. The average Bonchev–Trinajstić information content (AvgIpc) is 3.45. The number of piperidine rings is 1. The third kappa shape index (κ3) is 5.46. The number of nitrogens with one attached hydrogen (secondary N) is 1. The van der Waals surface area contributed by atoms with Gasteiger partial charge in [-0.3, -0.25) is 4.79 Å². The number of nitrogens with zero attached hydrogens (tertiary/aromatic N) is 1. The summed E-state index contributed by atoms with van der Waals surface area (Å²) in [6, 6.07) is 9.34. The van der Waals surface area contributed by atoms with Crippen LogP contribution in [0.15, 0.2) is 24.3 Å². The Morgan fingerprint density at radius 2 is 1.96 bits per heavy atom. The second-order valence-corrected chi connectivity index (χ2v) is 7.72. The van der Waals surface area contributed by atoms with Crippen molar-refractivity contribution in [1.82, 2.24) is 10.2 Å². The molecule has 2 fully saturated rings. The summed E-state index contributed by atoms with van der Waals surface area (Å²) < 4.78 is 5.48. The van der Waals surface area contributed by atoms with Crippen LogP contribution in [0.1, 0.15) is 51.0 Å². The second-order valence-electron chi connectivity index (χ2n) is 7.72. The van der Waals surface area contributed by atoms with E-state index in [4.69, 9.17) is 4.74 Å². The van der Waals surface area contributed by atoms with E-state index >= 15 is 0 Å². The molecule has 1 heterocycles. The van der Waals surface area contributed by atoms with Crippen molar-refractivity contribution >= 4 is 5.91 Å². The summed E-state index contributed by atoms with van der Waals surface area (Å²) in [5, 5.41) is 3.10. The van der Waals surface area contributed by atoms with Crippen LogP contribution in [0.4, 0.5) is 0 Å². The van der Waals surface area contributed by atoms with Crippen LogP contribution < -0.4 is 10.1 Å². The number of rotatable bonds is 8. The van der Waals surface area contributed by atoms with Crippen LogP contribution in [0.2, 0.25) is 0 Å². The number of hydrogen-bond donors (Lipinski definition) is 1. The van der Waals surface area contributed by atoms with Crippen molar-refractivity contribution in [2.75, 3.05) is 20.2 Å². The lowest BCUT2D eigenvalue weighted by Gasteiger charge is -2.36. The first-order valence-corrected chi connectivity index (χ1v) is 9.81. The fraction of sp³-hybridized carbons (Fsp3) is 0.667. The van der Waals surface area contributed by atoms with Gasteiger partial charge in [0.2, 0.25) is 5.91 Å². The van der Waals surface area contributed by atoms with Gasteiger partial charge >= 0.3 is 0 Å². The van der Waals surface area contributed by atoms with Crippen molar-refractivity contribution < 1.29 is 9.53 Å². The number of carbonyl (C=O) groups is 1. The molecular weight excluding hydrogens is 312 g/mol. The van der Waals surface area contributed by atoms with E-state index in [1.165, 1.54) is 31.2 Å². The van der Waals surface area contributed by atoms with Crippen LogP contribution in [0.5, 0.6) is 5.75 Å². The average molecular weight is 344 g/mol. The zero-order chi connectivity index (χ0) is 17.6. The van der Waals surface area contributed by atoms with Gasteiger partial charge in [-0.15, -0.1) is 0 Å². The molecule has 138 valence electrons. The smallest absolute Gasteiger partial charge is 0.220 e. The molecule has 4 heteroatoms. The van der Waals surface area contributed by atoms with Gasteiger partial charge in [0.25, 0.3) is 0 Å². The van der Waals surface area contributed by atoms with Gasteiger partial charge in [0.1, 0.15) is 5.75 Å². The first-order chi connectivity index (χ1) is 12.2. The third-order valence-corrected chi connectivity index (χ3v) is 5.70. The Hall–Kier alpha value is -1.55. The SMILES string of the molecule is COc1ccccc1C[C@H](C)N1CCC(CCC(=O)NC2CC2)CC1. The number of para-hydroxylation sites is 1. The molecular formula is C21H32N2O2. The summed E-state index contributed by atoms with van der Waals surface area (Å²) >= 11 is 0. The Balaban J connectivity index is 1.39. The predicted octanol–water partition coefficient (Wildman–Crippen LogP) is 3.40.